The van der Waals surface area contributed by atoms with Crippen LogP contribution in [-0.4, -0.2) is 0 Å². The van der Waals surface area contributed by atoms with E-state index in [1.165, 1.54) is 59.2 Å². The van der Waals surface area contributed by atoms with E-state index in [9.17, 15) is 0 Å². The van der Waals surface area contributed by atoms with Gasteiger partial charge in [-0.1, -0.05) is 87.2 Å². The van der Waals surface area contributed by atoms with Crippen LogP contribution in [0.15, 0.2) is 54.6 Å². The highest BCUT2D eigenvalue weighted by atomic mass is 14.1. The predicted molar refractivity (Wildman–Crippen MR) is 93.6 cm³/mol. The Morgan fingerprint density at radius 3 is 2.33 bits per heavy atom. The fraction of sp³-hybridized carbons (Fsp3) is 0.286. The topological polar surface area (TPSA) is 0 Å². The zero-order valence-electron chi connectivity index (χ0n) is 12.6. The molecule has 0 aliphatic rings. The predicted octanol–water partition coefficient (Wildman–Crippen LogP) is 6.32. The van der Waals surface area contributed by atoms with Crippen molar-refractivity contribution in [3.8, 4) is 0 Å². The normalized spacial score (nSPS) is 11.3. The van der Waals surface area contributed by atoms with Crippen LogP contribution in [0.2, 0.25) is 0 Å². The molecule has 0 nitrogen and oxygen atoms in total. The lowest BCUT2D eigenvalue weighted by molar-refractivity contribution is 0.646. The van der Waals surface area contributed by atoms with Crippen LogP contribution in [0.25, 0.3) is 21.5 Å². The molecule has 3 aromatic carbocycles. The van der Waals surface area contributed by atoms with E-state index in [-0.39, 0.29) is 0 Å². The number of aryl methyl sites for hydroxylation is 1. The number of rotatable bonds is 6. The van der Waals surface area contributed by atoms with Gasteiger partial charge in [0.1, 0.15) is 0 Å². The smallest absolute Gasteiger partial charge is 0.0103 e. The molecule has 3 aromatic rings. The summed E-state index contributed by atoms with van der Waals surface area (Å²) < 4.78 is 0. The van der Waals surface area contributed by atoms with Gasteiger partial charge in [-0.05, 0) is 39.9 Å². The Kier molecular flexibility index (Phi) is 4.55. The zero-order valence-corrected chi connectivity index (χ0v) is 12.6. The number of unbranched alkanes of at least 4 members (excludes halogenated alkanes) is 4. The zero-order chi connectivity index (χ0) is 14.5. The molecule has 3 rings (SSSR count). The molecule has 21 heavy (non-hydrogen) atoms. The van der Waals surface area contributed by atoms with Gasteiger partial charge in [0.15, 0.2) is 0 Å². The van der Waals surface area contributed by atoms with Crippen molar-refractivity contribution in [1.82, 2.24) is 0 Å². The van der Waals surface area contributed by atoms with Crippen LogP contribution >= 0.6 is 0 Å². The van der Waals surface area contributed by atoms with Gasteiger partial charge in [-0.15, -0.1) is 0 Å². The molecule has 0 saturated carbocycles. The van der Waals surface area contributed by atoms with E-state index in [0.29, 0.717) is 0 Å². The second-order valence-electron chi connectivity index (χ2n) is 5.82. The summed E-state index contributed by atoms with van der Waals surface area (Å²) in [7, 11) is 0. The SMILES string of the molecule is [CH2]CCCCCCc1cccc2c1ccc1ccccc12. The van der Waals surface area contributed by atoms with E-state index < -0.39 is 0 Å². The standard InChI is InChI=1S/C21H23/c1-2-3-4-5-6-10-17-12-9-14-21-19-13-8-7-11-18(19)15-16-20(17)21/h7-9,11-16H,1-6,10H2. The van der Waals surface area contributed by atoms with E-state index in [1.54, 1.807) is 0 Å². The summed E-state index contributed by atoms with van der Waals surface area (Å²) in [4.78, 5) is 0. The van der Waals surface area contributed by atoms with Crippen molar-refractivity contribution < 1.29 is 0 Å². The molecule has 0 amide bonds. The Bertz CT molecular complexity index is 724. The van der Waals surface area contributed by atoms with Gasteiger partial charge in [0.25, 0.3) is 0 Å². The molecular weight excluding hydrogens is 252 g/mol. The van der Waals surface area contributed by atoms with Crippen LogP contribution in [0.3, 0.4) is 0 Å². The first-order chi connectivity index (χ1) is 10.4. The van der Waals surface area contributed by atoms with Crippen molar-refractivity contribution in [3.63, 3.8) is 0 Å². The molecule has 0 aromatic heterocycles. The maximum Gasteiger partial charge on any atom is -0.0103 e. The Labute approximate surface area is 127 Å². The maximum absolute atomic E-state index is 3.91. The molecule has 0 heterocycles. The molecule has 0 heteroatoms. The van der Waals surface area contributed by atoms with Crippen LogP contribution in [0.5, 0.6) is 0 Å². The number of benzene rings is 3. The minimum absolute atomic E-state index is 1.07. The first-order valence-electron chi connectivity index (χ1n) is 8.09. The van der Waals surface area contributed by atoms with Crippen LogP contribution < -0.4 is 0 Å². The number of hydrogen-bond donors (Lipinski definition) is 0. The monoisotopic (exact) mass is 275 g/mol. The maximum atomic E-state index is 3.91. The summed E-state index contributed by atoms with van der Waals surface area (Å²) in [6, 6.07) is 20.0. The minimum Gasteiger partial charge on any atom is -0.0616 e. The summed E-state index contributed by atoms with van der Waals surface area (Å²) in [5.74, 6) is 0. The minimum atomic E-state index is 1.07. The van der Waals surface area contributed by atoms with E-state index in [4.69, 9.17) is 0 Å². The van der Waals surface area contributed by atoms with Crippen LogP contribution in [0.4, 0.5) is 0 Å². The third-order valence-corrected chi connectivity index (χ3v) is 4.32. The van der Waals surface area contributed by atoms with Gasteiger partial charge in [0, 0.05) is 0 Å². The highest BCUT2D eigenvalue weighted by Gasteiger charge is 2.04. The van der Waals surface area contributed by atoms with Crippen molar-refractivity contribution in [2.45, 2.75) is 38.5 Å². The summed E-state index contributed by atoms with van der Waals surface area (Å²) in [6.07, 6.45) is 7.44. The van der Waals surface area contributed by atoms with Gasteiger partial charge in [-0.3, -0.25) is 0 Å². The highest BCUT2D eigenvalue weighted by molar-refractivity contribution is 6.08. The lowest BCUT2D eigenvalue weighted by Gasteiger charge is -2.09. The third-order valence-electron chi connectivity index (χ3n) is 4.32. The molecule has 0 bridgehead atoms. The molecule has 0 aliphatic heterocycles. The van der Waals surface area contributed by atoms with E-state index in [0.717, 1.165) is 6.42 Å². The molecule has 107 valence electrons. The van der Waals surface area contributed by atoms with Crippen molar-refractivity contribution in [1.29, 1.82) is 0 Å². The van der Waals surface area contributed by atoms with Gasteiger partial charge >= 0.3 is 0 Å². The number of fused-ring (bicyclic) bond motifs is 3. The first-order valence-corrected chi connectivity index (χ1v) is 8.09. The second-order valence-corrected chi connectivity index (χ2v) is 5.82. The lowest BCUT2D eigenvalue weighted by atomic mass is 9.95. The van der Waals surface area contributed by atoms with Crippen LogP contribution in [0.1, 0.15) is 37.7 Å². The largest absolute Gasteiger partial charge is 0.0616 e. The van der Waals surface area contributed by atoms with E-state index >= 15 is 0 Å². The fourth-order valence-electron chi connectivity index (χ4n) is 3.17. The summed E-state index contributed by atoms with van der Waals surface area (Å²) >= 11 is 0. The Morgan fingerprint density at radius 2 is 1.43 bits per heavy atom. The van der Waals surface area contributed by atoms with Crippen molar-refractivity contribution in [2.24, 2.45) is 0 Å². The molecule has 0 atom stereocenters. The van der Waals surface area contributed by atoms with Crippen LogP contribution in [-0.2, 0) is 6.42 Å². The van der Waals surface area contributed by atoms with E-state index in [2.05, 4.69) is 61.5 Å². The van der Waals surface area contributed by atoms with Crippen LogP contribution in [0, 0.1) is 6.92 Å². The molecular formula is C21H23. The Morgan fingerprint density at radius 1 is 0.619 bits per heavy atom. The molecule has 0 aliphatic carbocycles. The third kappa shape index (κ3) is 3.10. The molecule has 0 fully saturated rings. The number of hydrogen-bond acceptors (Lipinski definition) is 0. The summed E-state index contributed by atoms with van der Waals surface area (Å²) in [5.41, 5.74) is 1.49. The molecule has 0 spiro atoms. The molecule has 0 N–H and O–H groups in total. The quantitative estimate of drug-likeness (QED) is 0.365. The molecule has 0 saturated heterocycles. The van der Waals surface area contributed by atoms with Gasteiger partial charge in [0.2, 0.25) is 0 Å². The fourth-order valence-corrected chi connectivity index (χ4v) is 3.17. The average Bonchev–Trinajstić information content (AvgIpc) is 2.54. The van der Waals surface area contributed by atoms with E-state index in [1.807, 2.05) is 0 Å². The van der Waals surface area contributed by atoms with Crippen molar-refractivity contribution >= 4 is 21.5 Å². The second kappa shape index (κ2) is 6.76. The van der Waals surface area contributed by atoms with Crippen molar-refractivity contribution in [2.75, 3.05) is 0 Å². The first kappa shape index (κ1) is 14.1. The Hall–Kier alpha value is -1.82. The van der Waals surface area contributed by atoms with Gasteiger partial charge < -0.3 is 0 Å². The van der Waals surface area contributed by atoms with Gasteiger partial charge in [-0.2, -0.15) is 0 Å². The van der Waals surface area contributed by atoms with Crippen molar-refractivity contribution in [3.05, 3.63) is 67.1 Å². The molecule has 1 radical (unpaired) electrons. The molecule has 0 unspecified atom stereocenters. The Balaban J connectivity index is 1.88. The summed E-state index contributed by atoms with van der Waals surface area (Å²) in [5, 5.41) is 5.52. The average molecular weight is 275 g/mol. The summed E-state index contributed by atoms with van der Waals surface area (Å²) in [6.45, 7) is 3.91. The highest BCUT2D eigenvalue weighted by Crippen LogP contribution is 2.28. The van der Waals surface area contributed by atoms with Gasteiger partial charge in [-0.25, -0.2) is 0 Å². The lowest BCUT2D eigenvalue weighted by Crippen LogP contribution is -1.89. The van der Waals surface area contributed by atoms with Gasteiger partial charge in [0.05, 0.1) is 0 Å².